The molecule has 1 aromatic heterocycles. The highest BCUT2D eigenvalue weighted by Gasteiger charge is 2.22. The maximum atomic E-state index is 12.3. The van der Waals surface area contributed by atoms with Gasteiger partial charge in [-0.1, -0.05) is 0 Å². The molecular formula is C17H16O6. The molecule has 0 aliphatic rings. The van der Waals surface area contributed by atoms with Crippen LogP contribution in [-0.4, -0.2) is 26.4 Å². The molecule has 6 nitrogen and oxygen atoms in total. The molecule has 0 bridgehead atoms. The average molecular weight is 316 g/mol. The topological polar surface area (TPSA) is 78.1 Å². The molecule has 1 N–H and O–H groups in total. The van der Waals surface area contributed by atoms with Gasteiger partial charge in [0.2, 0.25) is 0 Å². The van der Waals surface area contributed by atoms with Gasteiger partial charge < -0.3 is 23.7 Å². The van der Waals surface area contributed by atoms with Gasteiger partial charge in [-0.15, -0.1) is 0 Å². The molecule has 120 valence electrons. The largest absolute Gasteiger partial charge is 0.506 e. The summed E-state index contributed by atoms with van der Waals surface area (Å²) < 4.78 is 21.7. The first kappa shape index (κ1) is 15.0. The van der Waals surface area contributed by atoms with E-state index in [2.05, 4.69) is 0 Å². The molecule has 0 amide bonds. The predicted octanol–water partition coefficient (Wildman–Crippen LogP) is 2.99. The Morgan fingerprint density at radius 3 is 2.35 bits per heavy atom. The van der Waals surface area contributed by atoms with Crippen LogP contribution in [0.1, 0.15) is 5.76 Å². The minimum absolute atomic E-state index is 0.0587. The summed E-state index contributed by atoms with van der Waals surface area (Å²) in [6.45, 7) is 1.66. The van der Waals surface area contributed by atoms with E-state index >= 15 is 0 Å². The predicted molar refractivity (Wildman–Crippen MR) is 86.0 cm³/mol. The number of benzene rings is 2. The van der Waals surface area contributed by atoms with E-state index in [9.17, 15) is 9.90 Å². The van der Waals surface area contributed by atoms with Gasteiger partial charge in [-0.05, 0) is 13.0 Å². The Kier molecular flexibility index (Phi) is 3.52. The number of aromatic hydroxyl groups is 1. The first-order valence-corrected chi connectivity index (χ1v) is 6.91. The number of aryl methyl sites for hydroxylation is 1. The summed E-state index contributed by atoms with van der Waals surface area (Å²) in [5.74, 6) is 1.46. The van der Waals surface area contributed by atoms with Gasteiger partial charge in [0, 0.05) is 17.5 Å². The lowest BCUT2D eigenvalue weighted by Gasteiger charge is -2.15. The molecule has 3 aromatic rings. The Bertz CT molecular complexity index is 971. The van der Waals surface area contributed by atoms with Gasteiger partial charge in [-0.2, -0.15) is 0 Å². The molecule has 0 saturated heterocycles. The second-order valence-electron chi connectivity index (χ2n) is 5.06. The third kappa shape index (κ3) is 2.14. The van der Waals surface area contributed by atoms with Crippen LogP contribution in [0.3, 0.4) is 0 Å². The van der Waals surface area contributed by atoms with Crippen molar-refractivity contribution in [1.82, 2.24) is 0 Å². The summed E-state index contributed by atoms with van der Waals surface area (Å²) in [6.07, 6.45) is 0. The highest BCUT2D eigenvalue weighted by Crippen LogP contribution is 2.46. The molecule has 2 aromatic carbocycles. The molecule has 6 heteroatoms. The average Bonchev–Trinajstić information content (AvgIpc) is 2.53. The van der Waals surface area contributed by atoms with Crippen molar-refractivity contribution in [2.45, 2.75) is 6.92 Å². The van der Waals surface area contributed by atoms with Crippen molar-refractivity contribution >= 4 is 21.7 Å². The van der Waals surface area contributed by atoms with E-state index in [0.29, 0.717) is 33.8 Å². The lowest BCUT2D eigenvalue weighted by molar-refractivity contribution is 0.393. The first-order valence-electron chi connectivity index (χ1n) is 6.91. The van der Waals surface area contributed by atoms with E-state index in [-0.39, 0.29) is 22.1 Å². The number of hydrogen-bond acceptors (Lipinski definition) is 6. The Labute approximate surface area is 131 Å². The normalized spacial score (nSPS) is 11.0. The minimum Gasteiger partial charge on any atom is -0.506 e. The number of rotatable bonds is 3. The molecule has 0 atom stereocenters. The maximum absolute atomic E-state index is 12.3. The molecule has 1 heterocycles. The van der Waals surface area contributed by atoms with Crippen LogP contribution in [0.5, 0.6) is 23.0 Å². The van der Waals surface area contributed by atoms with Crippen molar-refractivity contribution in [3.05, 3.63) is 34.2 Å². The zero-order valence-corrected chi connectivity index (χ0v) is 13.2. The molecule has 0 saturated carbocycles. The molecule has 0 aliphatic heterocycles. The van der Waals surface area contributed by atoms with Gasteiger partial charge in [-0.3, -0.25) is 4.79 Å². The molecule has 0 spiro atoms. The molecular weight excluding hydrogens is 300 g/mol. The molecule has 0 fully saturated rings. The molecule has 0 radical (unpaired) electrons. The van der Waals surface area contributed by atoms with Crippen molar-refractivity contribution in [2.24, 2.45) is 0 Å². The molecule has 23 heavy (non-hydrogen) atoms. The molecule has 3 rings (SSSR count). The summed E-state index contributed by atoms with van der Waals surface area (Å²) in [4.78, 5) is 12.3. The summed E-state index contributed by atoms with van der Waals surface area (Å²) >= 11 is 0. The van der Waals surface area contributed by atoms with Crippen molar-refractivity contribution in [3.8, 4) is 23.0 Å². The van der Waals surface area contributed by atoms with Gasteiger partial charge in [0.1, 0.15) is 28.4 Å². The zero-order chi connectivity index (χ0) is 16.7. The number of hydrogen-bond donors (Lipinski definition) is 1. The fourth-order valence-electron chi connectivity index (χ4n) is 2.74. The van der Waals surface area contributed by atoms with Crippen molar-refractivity contribution < 1.29 is 23.7 Å². The van der Waals surface area contributed by atoms with E-state index in [4.69, 9.17) is 18.6 Å². The van der Waals surface area contributed by atoms with E-state index in [0.717, 1.165) is 0 Å². The number of ether oxygens (including phenoxy) is 3. The van der Waals surface area contributed by atoms with Gasteiger partial charge >= 0.3 is 0 Å². The van der Waals surface area contributed by atoms with Gasteiger partial charge in [0.15, 0.2) is 16.8 Å². The van der Waals surface area contributed by atoms with Gasteiger partial charge in [0.25, 0.3) is 0 Å². The smallest absolute Gasteiger partial charge is 0.196 e. The standard InChI is InChI=1S/C17H16O6/c1-8-5-11(18)14-15(19)13-10(16(22-4)17(14)23-8)6-9(20-2)7-12(13)21-3/h5-7,19H,1-4H3. The quantitative estimate of drug-likeness (QED) is 0.748. The van der Waals surface area contributed by atoms with Crippen molar-refractivity contribution in [1.29, 1.82) is 0 Å². The van der Waals surface area contributed by atoms with Crippen LogP contribution in [0.4, 0.5) is 0 Å². The number of fused-ring (bicyclic) bond motifs is 2. The lowest BCUT2D eigenvalue weighted by Crippen LogP contribution is -2.03. The SMILES string of the molecule is COc1cc(OC)c2c(O)c3c(=O)cc(C)oc3c(OC)c2c1. The Morgan fingerprint density at radius 1 is 1.00 bits per heavy atom. The Hall–Kier alpha value is -2.89. The third-order valence-electron chi connectivity index (χ3n) is 3.73. The van der Waals surface area contributed by atoms with Crippen molar-refractivity contribution in [3.63, 3.8) is 0 Å². The van der Waals surface area contributed by atoms with Crippen LogP contribution >= 0.6 is 0 Å². The number of phenolic OH excluding ortho intramolecular Hbond substituents is 1. The summed E-state index contributed by atoms with van der Waals surface area (Å²) in [6, 6.07) is 4.64. The second kappa shape index (κ2) is 5.39. The van der Waals surface area contributed by atoms with E-state index in [1.165, 1.54) is 27.4 Å². The third-order valence-corrected chi connectivity index (χ3v) is 3.73. The summed E-state index contributed by atoms with van der Waals surface area (Å²) in [7, 11) is 4.47. The monoisotopic (exact) mass is 316 g/mol. The first-order chi connectivity index (χ1) is 11.0. The molecule has 0 unspecified atom stereocenters. The van der Waals surface area contributed by atoms with E-state index < -0.39 is 0 Å². The van der Waals surface area contributed by atoms with Crippen LogP contribution in [0.2, 0.25) is 0 Å². The van der Waals surface area contributed by atoms with Crippen molar-refractivity contribution in [2.75, 3.05) is 21.3 Å². The minimum atomic E-state index is -0.348. The Morgan fingerprint density at radius 2 is 1.74 bits per heavy atom. The maximum Gasteiger partial charge on any atom is 0.196 e. The fourth-order valence-corrected chi connectivity index (χ4v) is 2.74. The second-order valence-corrected chi connectivity index (χ2v) is 5.06. The van der Waals surface area contributed by atoms with Crippen LogP contribution in [0.25, 0.3) is 21.7 Å². The highest BCUT2D eigenvalue weighted by atomic mass is 16.5. The van der Waals surface area contributed by atoms with Crippen LogP contribution in [0, 0.1) is 6.92 Å². The summed E-state index contributed by atoms with van der Waals surface area (Å²) in [5, 5.41) is 11.6. The zero-order valence-electron chi connectivity index (χ0n) is 13.2. The lowest BCUT2D eigenvalue weighted by atomic mass is 10.0. The highest BCUT2D eigenvalue weighted by molar-refractivity contribution is 6.11. The van der Waals surface area contributed by atoms with Gasteiger partial charge in [0.05, 0.1) is 26.7 Å². The fraction of sp³-hybridized carbons (Fsp3) is 0.235. The van der Waals surface area contributed by atoms with Crippen LogP contribution in [0.15, 0.2) is 27.4 Å². The van der Waals surface area contributed by atoms with Gasteiger partial charge in [-0.25, -0.2) is 0 Å². The van der Waals surface area contributed by atoms with E-state index in [1.807, 2.05) is 0 Å². The number of phenols is 1. The summed E-state index contributed by atoms with van der Waals surface area (Å²) in [5.41, 5.74) is -0.155. The van der Waals surface area contributed by atoms with Crippen LogP contribution in [-0.2, 0) is 0 Å². The van der Waals surface area contributed by atoms with Crippen LogP contribution < -0.4 is 19.6 Å². The number of methoxy groups -OCH3 is 3. The molecule has 0 aliphatic carbocycles. The Balaban J connectivity index is 2.67. The van der Waals surface area contributed by atoms with E-state index in [1.54, 1.807) is 19.1 Å².